The second kappa shape index (κ2) is 17.1. The smallest absolute Gasteiger partial charge is 0.273 e. The van der Waals surface area contributed by atoms with E-state index in [9.17, 15) is 30.2 Å². The van der Waals surface area contributed by atoms with E-state index in [1.54, 1.807) is 54.6 Å². The molecule has 0 aliphatic carbocycles. The molecule has 4 aliphatic heterocycles. The number of oxime groups is 2. The summed E-state index contributed by atoms with van der Waals surface area (Å²) in [5.74, 6) is -0.735. The number of nitrogens with zero attached hydrogens (tertiary/aromatic N) is 2. The molecule has 0 radical (unpaired) electrons. The molecule has 12 nitrogen and oxygen atoms in total. The maximum atomic E-state index is 13.0. The molecule has 4 aromatic rings. The van der Waals surface area contributed by atoms with Crippen LogP contribution in [0.1, 0.15) is 22.3 Å². The maximum Gasteiger partial charge on any atom is 0.273 e. The molecule has 0 atom stereocenters. The van der Waals surface area contributed by atoms with E-state index < -0.39 is 11.8 Å². The van der Waals surface area contributed by atoms with Gasteiger partial charge in [0.1, 0.15) is 17.2 Å². The highest BCUT2D eigenvalue weighted by atomic mass is 79.9. The van der Waals surface area contributed by atoms with Gasteiger partial charge >= 0.3 is 0 Å². The van der Waals surface area contributed by atoms with Gasteiger partial charge in [0.15, 0.2) is 28.7 Å². The number of carbonyl (C=O) groups is 2. The van der Waals surface area contributed by atoms with E-state index in [0.29, 0.717) is 46.8 Å². The summed E-state index contributed by atoms with van der Waals surface area (Å²) in [4.78, 5) is 25.9. The second-order valence-electron chi connectivity index (χ2n) is 10.9. The number of carbonyl (C=O) groups excluding carboxylic acids is 2. The van der Waals surface area contributed by atoms with Gasteiger partial charge in [-0.1, -0.05) is 16.4 Å². The fourth-order valence-corrected chi connectivity index (χ4v) is 7.73. The zero-order valence-corrected chi connectivity index (χ0v) is 33.8. The van der Waals surface area contributed by atoms with Gasteiger partial charge in [-0.3, -0.25) is 9.59 Å². The normalized spacial score (nSPS) is 16.5. The van der Waals surface area contributed by atoms with Crippen LogP contribution in [0.15, 0.2) is 93.5 Å². The van der Waals surface area contributed by atoms with Crippen LogP contribution in [0.5, 0.6) is 34.5 Å². The summed E-state index contributed by atoms with van der Waals surface area (Å²) in [6.45, 7) is 0.180. The first-order valence-corrected chi connectivity index (χ1v) is 18.7. The molecular formula is C34H25Br5N4O8. The third-order valence-electron chi connectivity index (χ3n) is 7.32. The first kappa shape index (κ1) is 38.3. The molecule has 2 amide bonds. The van der Waals surface area contributed by atoms with Crippen LogP contribution in [0.4, 0.5) is 0 Å². The summed E-state index contributed by atoms with van der Waals surface area (Å²) in [7, 11) is 0. The molecule has 0 spiro atoms. The van der Waals surface area contributed by atoms with E-state index in [1.807, 2.05) is 0 Å². The molecule has 264 valence electrons. The number of aromatic hydroxyl groups is 2. The molecule has 17 heteroatoms. The topological polar surface area (TPSA) is 182 Å². The number of halogens is 5. The Hall–Kier alpha value is -3.90. The molecule has 0 fully saturated rings. The number of phenols is 2. The number of phenolic OH excluding ortho intramolecular Hbond substituents is 2. The minimum Gasteiger partial charge on any atom is -0.503 e. The predicted octanol–water partition coefficient (Wildman–Crippen LogP) is 8.70. The van der Waals surface area contributed by atoms with Crippen LogP contribution in [0, 0.1) is 0 Å². The minimum absolute atomic E-state index is 0.0297. The van der Waals surface area contributed by atoms with Crippen LogP contribution in [0.3, 0.4) is 0 Å². The molecule has 51 heavy (non-hydrogen) atoms. The summed E-state index contributed by atoms with van der Waals surface area (Å²) in [6, 6.07) is 14.9. The lowest BCUT2D eigenvalue weighted by atomic mass is 10.1. The van der Waals surface area contributed by atoms with Crippen molar-refractivity contribution in [3.05, 3.63) is 105 Å². The Labute approximate surface area is 332 Å². The van der Waals surface area contributed by atoms with E-state index in [2.05, 4.69) is 101 Å². The van der Waals surface area contributed by atoms with Gasteiger partial charge in [0, 0.05) is 25.6 Å². The largest absolute Gasteiger partial charge is 0.503 e. The number of nitrogens with one attached hydrogen (secondary N) is 2. The Balaban J connectivity index is 1.50. The Morgan fingerprint density at radius 2 is 1.18 bits per heavy atom. The highest BCUT2D eigenvalue weighted by molar-refractivity contribution is 9.11. The summed E-state index contributed by atoms with van der Waals surface area (Å²) < 4.78 is 14.2. The second-order valence-corrected chi connectivity index (χ2v) is 15.2. The van der Waals surface area contributed by atoms with Crippen LogP contribution >= 0.6 is 79.6 Å². The number of ether oxygens (including phenoxy) is 2. The Bertz CT molecular complexity index is 2100. The van der Waals surface area contributed by atoms with Gasteiger partial charge in [0.2, 0.25) is 0 Å². The van der Waals surface area contributed by atoms with E-state index in [4.69, 9.17) is 9.47 Å². The number of rotatable bonds is 0. The van der Waals surface area contributed by atoms with Crippen molar-refractivity contribution >= 4 is 109 Å². The van der Waals surface area contributed by atoms with Crippen molar-refractivity contribution in [3.63, 3.8) is 0 Å². The van der Waals surface area contributed by atoms with Crippen LogP contribution in [-0.2, 0) is 28.9 Å². The highest BCUT2D eigenvalue weighted by Crippen LogP contribution is 2.44. The lowest BCUT2D eigenvalue weighted by Gasteiger charge is -2.15. The van der Waals surface area contributed by atoms with Gasteiger partial charge in [-0.2, -0.15) is 0 Å². The molecule has 6 N–H and O–H groups in total. The van der Waals surface area contributed by atoms with Crippen molar-refractivity contribution in [1.29, 1.82) is 0 Å². The fourth-order valence-electron chi connectivity index (χ4n) is 4.83. The fraction of sp³-hybridized carbons (Fsp3) is 0.118. The molecule has 4 aliphatic rings. The predicted molar refractivity (Wildman–Crippen MR) is 207 cm³/mol. The molecule has 0 unspecified atom stereocenters. The number of amides is 2. The first-order valence-electron chi connectivity index (χ1n) is 14.7. The average Bonchev–Trinajstić information content (AvgIpc) is 3.08. The Morgan fingerprint density at radius 3 is 1.80 bits per heavy atom. The van der Waals surface area contributed by atoms with Gasteiger partial charge in [-0.05, 0) is 163 Å². The molecule has 4 aromatic carbocycles. The Kier molecular flexibility index (Phi) is 12.8. The van der Waals surface area contributed by atoms with Crippen LogP contribution in [-0.4, -0.2) is 50.4 Å². The molecular weight excluding hydrogens is 992 g/mol. The molecule has 0 saturated heterocycles. The Morgan fingerprint density at radius 1 is 0.627 bits per heavy atom. The first-order chi connectivity index (χ1) is 24.4. The van der Waals surface area contributed by atoms with E-state index in [1.165, 1.54) is 12.3 Å². The number of hydrogen-bond donors (Lipinski definition) is 6. The third kappa shape index (κ3) is 9.51. The van der Waals surface area contributed by atoms with Crippen LogP contribution in [0.25, 0.3) is 6.08 Å². The molecule has 4 heterocycles. The van der Waals surface area contributed by atoms with E-state index >= 15 is 0 Å². The van der Waals surface area contributed by atoms with Gasteiger partial charge in [-0.15, -0.1) is 0 Å². The van der Waals surface area contributed by atoms with Crippen LogP contribution < -0.4 is 20.1 Å². The number of hydrogen-bond acceptors (Lipinski definition) is 10. The van der Waals surface area contributed by atoms with E-state index in [0.717, 1.165) is 5.56 Å². The molecule has 8 bridgehead atoms. The summed E-state index contributed by atoms with van der Waals surface area (Å²) in [5, 5.41) is 52.6. The number of benzene rings is 4. The SMILES string of the molecule is O=C1N/C=C\c2ccc(c(Br)c2)Oc2cc(cc(Br)c2O)CCNC(=O)/C(=N/O)Cc2cc(Br)c(c(Br)c2)Oc2cc(cc(Br)c2O)C/C1=N\O. The van der Waals surface area contributed by atoms with Gasteiger partial charge in [-0.25, -0.2) is 0 Å². The monoisotopic (exact) mass is 1010 g/mol. The minimum atomic E-state index is -0.672. The van der Waals surface area contributed by atoms with Crippen LogP contribution in [0.2, 0.25) is 0 Å². The maximum absolute atomic E-state index is 13.0. The lowest BCUT2D eigenvalue weighted by Crippen LogP contribution is -2.33. The van der Waals surface area contributed by atoms with Gasteiger partial charge in [0.25, 0.3) is 11.8 Å². The molecule has 0 saturated carbocycles. The van der Waals surface area contributed by atoms with Crippen molar-refractivity contribution in [2.45, 2.75) is 19.3 Å². The third-order valence-corrected chi connectivity index (χ3v) is 10.3. The van der Waals surface area contributed by atoms with Crippen molar-refractivity contribution in [2.75, 3.05) is 6.54 Å². The molecule has 0 aromatic heterocycles. The van der Waals surface area contributed by atoms with Gasteiger partial charge < -0.3 is 40.7 Å². The van der Waals surface area contributed by atoms with E-state index in [-0.39, 0.29) is 64.0 Å². The summed E-state index contributed by atoms with van der Waals surface area (Å²) in [6.07, 6.45) is 3.20. The van der Waals surface area contributed by atoms with Crippen molar-refractivity contribution < 1.29 is 39.7 Å². The zero-order valence-electron chi connectivity index (χ0n) is 25.9. The highest BCUT2D eigenvalue weighted by Gasteiger charge is 2.21. The van der Waals surface area contributed by atoms with Gasteiger partial charge in [0.05, 0.1) is 22.4 Å². The lowest BCUT2D eigenvalue weighted by molar-refractivity contribution is -0.115. The standard InChI is InChI=1S/C34H25Br5N4O8/c35-20-7-16-1-2-27(20)50-28-14-17(8-21(36)30(28)44)4-6-41-33(46)25(42-48)12-18-10-23(38)32(24(39)11-18)51-29-15-19(9-22(37)31(29)45)13-26(43-49)34(47)40-5-3-16/h1-3,5,7-11,14-15,44-45,48-49H,4,6,12-13H2,(H,40,47)(H,41,46)/b5-3-,42-25+,43-26+. The average molecular weight is 1020 g/mol. The summed E-state index contributed by atoms with van der Waals surface area (Å²) >= 11 is 17.1. The van der Waals surface area contributed by atoms with Crippen molar-refractivity contribution in [1.82, 2.24) is 10.6 Å². The van der Waals surface area contributed by atoms with Crippen molar-refractivity contribution in [2.24, 2.45) is 10.3 Å². The zero-order chi connectivity index (χ0) is 36.8. The van der Waals surface area contributed by atoms with Crippen molar-refractivity contribution in [3.8, 4) is 34.5 Å². The molecule has 8 rings (SSSR count). The quantitative estimate of drug-likeness (QED) is 0.0747. The summed E-state index contributed by atoms with van der Waals surface area (Å²) in [5.41, 5.74) is 2.11.